The van der Waals surface area contributed by atoms with Crippen LogP contribution in [0.2, 0.25) is 0 Å². The highest BCUT2D eigenvalue weighted by atomic mass is 19.1. The molecule has 8 heteroatoms. The number of aliphatic hydroxyl groups is 1. The summed E-state index contributed by atoms with van der Waals surface area (Å²) in [4.78, 5) is 39.0. The van der Waals surface area contributed by atoms with Crippen molar-refractivity contribution in [2.75, 3.05) is 5.32 Å². The zero-order valence-corrected chi connectivity index (χ0v) is 20.1. The van der Waals surface area contributed by atoms with Crippen molar-refractivity contribution in [2.24, 2.45) is 7.05 Å². The van der Waals surface area contributed by atoms with E-state index >= 15 is 0 Å². The van der Waals surface area contributed by atoms with Crippen molar-refractivity contribution in [1.82, 2.24) is 9.88 Å². The van der Waals surface area contributed by atoms with Crippen LogP contribution in [0, 0.1) is 33.5 Å². The topological polar surface area (TPSA) is 100 Å². The number of anilines is 1. The first-order valence-electron chi connectivity index (χ1n) is 11.1. The number of benzene rings is 1. The number of nitrogens with zero attached hydrogens (tertiary/aromatic N) is 1. The van der Waals surface area contributed by atoms with Gasteiger partial charge in [-0.15, -0.1) is 0 Å². The third-order valence-corrected chi connectivity index (χ3v) is 6.75. The highest BCUT2D eigenvalue weighted by Crippen LogP contribution is 2.29. The van der Waals surface area contributed by atoms with E-state index < -0.39 is 23.1 Å². The number of carbonyl (C=O) groups is 3. The molecule has 1 aliphatic rings. The van der Waals surface area contributed by atoms with E-state index in [2.05, 4.69) is 10.6 Å². The lowest BCUT2D eigenvalue weighted by Gasteiger charge is -2.36. The molecule has 1 aromatic heterocycles. The fourth-order valence-electron chi connectivity index (χ4n) is 4.65. The van der Waals surface area contributed by atoms with Crippen molar-refractivity contribution in [3.05, 3.63) is 51.6 Å². The van der Waals surface area contributed by atoms with Crippen LogP contribution in [0.5, 0.6) is 0 Å². The standard InChI is InChI=1S/C25H32FN3O4/c1-13-11-17(12-14(2)20(13)26)27-23(32)19-15(3)21(29(6)16(19)4)22(31)24(33)28-25(5)9-7-18(30)8-10-25/h11-12,18,30H,7-10H2,1-6H3,(H,27,32)(H,28,33). The second-order valence-electron chi connectivity index (χ2n) is 9.45. The summed E-state index contributed by atoms with van der Waals surface area (Å²) in [7, 11) is 1.64. The molecule has 0 spiro atoms. The molecule has 33 heavy (non-hydrogen) atoms. The normalized spacial score (nSPS) is 20.4. The average molecular weight is 458 g/mol. The quantitative estimate of drug-likeness (QED) is 0.471. The van der Waals surface area contributed by atoms with Gasteiger partial charge in [0.15, 0.2) is 0 Å². The third-order valence-electron chi connectivity index (χ3n) is 6.75. The molecule has 1 heterocycles. The predicted octanol–water partition coefficient (Wildman–Crippen LogP) is 3.64. The van der Waals surface area contributed by atoms with Gasteiger partial charge in [0.05, 0.1) is 17.4 Å². The van der Waals surface area contributed by atoms with Crippen LogP contribution >= 0.6 is 0 Å². The third kappa shape index (κ3) is 4.85. The number of Topliss-reactive ketones (excluding diaryl/α,β-unsaturated/α-hetero) is 1. The number of aromatic nitrogens is 1. The second kappa shape index (κ2) is 9.09. The Kier molecular flexibility index (Phi) is 6.79. The molecule has 3 N–H and O–H groups in total. The molecule has 3 rings (SSSR count). The first-order chi connectivity index (χ1) is 15.3. The number of nitrogens with one attached hydrogen (secondary N) is 2. The molecule has 0 radical (unpaired) electrons. The van der Waals surface area contributed by atoms with Gasteiger partial charge in [-0.3, -0.25) is 14.4 Å². The molecule has 2 amide bonds. The van der Waals surface area contributed by atoms with E-state index in [0.717, 1.165) is 0 Å². The summed E-state index contributed by atoms with van der Waals surface area (Å²) in [6, 6.07) is 3.10. The van der Waals surface area contributed by atoms with Gasteiger partial charge in [-0.25, -0.2) is 4.39 Å². The molecule has 2 aromatic rings. The fourth-order valence-corrected chi connectivity index (χ4v) is 4.65. The van der Waals surface area contributed by atoms with Gasteiger partial charge in [-0.1, -0.05) is 0 Å². The minimum Gasteiger partial charge on any atom is -0.393 e. The monoisotopic (exact) mass is 457 g/mol. The van der Waals surface area contributed by atoms with E-state index in [1.165, 1.54) is 0 Å². The lowest BCUT2D eigenvalue weighted by atomic mass is 9.82. The van der Waals surface area contributed by atoms with Gasteiger partial charge in [0.25, 0.3) is 17.6 Å². The van der Waals surface area contributed by atoms with Crippen LogP contribution in [0.1, 0.15) is 75.8 Å². The van der Waals surface area contributed by atoms with E-state index in [1.54, 1.807) is 51.4 Å². The number of carbonyl (C=O) groups excluding carboxylic acids is 3. The largest absolute Gasteiger partial charge is 0.393 e. The maximum absolute atomic E-state index is 13.9. The molecule has 1 fully saturated rings. The van der Waals surface area contributed by atoms with Crippen molar-refractivity contribution in [2.45, 2.75) is 71.9 Å². The van der Waals surface area contributed by atoms with Crippen LogP contribution in [0.15, 0.2) is 12.1 Å². The second-order valence-corrected chi connectivity index (χ2v) is 9.45. The van der Waals surface area contributed by atoms with Crippen LogP contribution in [-0.4, -0.2) is 38.9 Å². The van der Waals surface area contributed by atoms with Crippen molar-refractivity contribution < 1.29 is 23.9 Å². The number of ketones is 1. The Bertz CT molecular complexity index is 1100. The summed E-state index contributed by atoms with van der Waals surface area (Å²) in [5.74, 6) is -2.19. The van der Waals surface area contributed by atoms with E-state index in [9.17, 15) is 23.9 Å². The lowest BCUT2D eigenvalue weighted by molar-refractivity contribution is -0.119. The molecule has 1 aliphatic carbocycles. The van der Waals surface area contributed by atoms with Crippen LogP contribution in [0.4, 0.5) is 10.1 Å². The molecule has 0 bridgehead atoms. The van der Waals surface area contributed by atoms with E-state index in [1.807, 2.05) is 6.92 Å². The van der Waals surface area contributed by atoms with Crippen molar-refractivity contribution in [1.29, 1.82) is 0 Å². The van der Waals surface area contributed by atoms with Gasteiger partial charge in [-0.2, -0.15) is 0 Å². The van der Waals surface area contributed by atoms with E-state index in [-0.39, 0.29) is 17.6 Å². The molecular formula is C25H32FN3O4. The fraction of sp³-hybridized carbons (Fsp3) is 0.480. The minimum atomic E-state index is -0.727. The number of aryl methyl sites for hydroxylation is 2. The molecule has 0 saturated heterocycles. The number of amides is 2. The Labute approximate surface area is 193 Å². The minimum absolute atomic E-state index is 0.154. The van der Waals surface area contributed by atoms with Crippen molar-refractivity contribution in [3.63, 3.8) is 0 Å². The first kappa shape index (κ1) is 24.6. The molecule has 1 saturated carbocycles. The maximum Gasteiger partial charge on any atom is 0.294 e. The van der Waals surface area contributed by atoms with E-state index in [0.29, 0.717) is 59.3 Å². The summed E-state index contributed by atoms with van der Waals surface area (Å²) < 4.78 is 15.5. The number of hydrogen-bond donors (Lipinski definition) is 3. The van der Waals surface area contributed by atoms with Crippen LogP contribution in [0.3, 0.4) is 0 Å². The summed E-state index contributed by atoms with van der Waals surface area (Å²) in [6.07, 6.45) is 1.93. The van der Waals surface area contributed by atoms with Gasteiger partial charge in [0.1, 0.15) is 5.82 Å². The number of halogens is 1. The molecule has 0 atom stereocenters. The van der Waals surface area contributed by atoms with Crippen molar-refractivity contribution >= 4 is 23.3 Å². The van der Waals surface area contributed by atoms with Gasteiger partial charge in [-0.05, 0) is 89.1 Å². The Balaban J connectivity index is 1.85. The molecule has 7 nitrogen and oxygen atoms in total. The highest BCUT2D eigenvalue weighted by Gasteiger charge is 2.35. The first-order valence-corrected chi connectivity index (χ1v) is 11.1. The smallest absolute Gasteiger partial charge is 0.294 e. The summed E-state index contributed by atoms with van der Waals surface area (Å²) in [5.41, 5.74) is 2.15. The van der Waals surface area contributed by atoms with Crippen LogP contribution in [-0.2, 0) is 11.8 Å². The highest BCUT2D eigenvalue weighted by molar-refractivity contribution is 6.43. The number of rotatable bonds is 5. The Morgan fingerprint density at radius 3 is 2.18 bits per heavy atom. The van der Waals surface area contributed by atoms with Gasteiger partial charge in [0, 0.05) is 24.0 Å². The van der Waals surface area contributed by atoms with Gasteiger partial charge >= 0.3 is 0 Å². The maximum atomic E-state index is 13.9. The van der Waals surface area contributed by atoms with Gasteiger partial charge in [0.2, 0.25) is 0 Å². The van der Waals surface area contributed by atoms with E-state index in [4.69, 9.17) is 0 Å². The summed E-state index contributed by atoms with van der Waals surface area (Å²) in [5, 5.41) is 15.3. The van der Waals surface area contributed by atoms with Crippen LogP contribution in [0.25, 0.3) is 0 Å². The zero-order valence-electron chi connectivity index (χ0n) is 20.1. The number of hydrogen-bond acceptors (Lipinski definition) is 4. The summed E-state index contributed by atoms with van der Waals surface area (Å²) in [6.45, 7) is 8.47. The molecule has 1 aromatic carbocycles. The molecule has 0 aliphatic heterocycles. The predicted molar refractivity (Wildman–Crippen MR) is 124 cm³/mol. The number of aliphatic hydroxyl groups excluding tert-OH is 1. The summed E-state index contributed by atoms with van der Waals surface area (Å²) >= 11 is 0. The Hall–Kier alpha value is -3.00. The molecular weight excluding hydrogens is 425 g/mol. The van der Waals surface area contributed by atoms with Gasteiger partial charge < -0.3 is 20.3 Å². The average Bonchev–Trinajstić information content (AvgIpc) is 2.96. The van der Waals surface area contributed by atoms with Crippen molar-refractivity contribution in [3.8, 4) is 0 Å². The molecule has 0 unspecified atom stereocenters. The molecule has 178 valence electrons. The SMILES string of the molecule is Cc1cc(NC(=O)c2c(C)c(C(=O)C(=O)NC3(C)CCC(O)CC3)n(C)c2C)cc(C)c1F. The lowest BCUT2D eigenvalue weighted by Crippen LogP contribution is -2.51. The Morgan fingerprint density at radius 1 is 1.09 bits per heavy atom. The zero-order chi connectivity index (χ0) is 24.7. The Morgan fingerprint density at radius 2 is 1.64 bits per heavy atom. The van der Waals surface area contributed by atoms with Crippen LogP contribution < -0.4 is 10.6 Å².